The van der Waals surface area contributed by atoms with Crippen LogP contribution in [-0.2, 0) is 17.9 Å². The number of unbranched alkanes of at least 4 members (excludes halogenated alkanes) is 1. The smallest absolute Gasteiger partial charge is 0.253 e. The van der Waals surface area contributed by atoms with Crippen LogP contribution in [0.25, 0.3) is 11.4 Å². The first kappa shape index (κ1) is 28.2. The first-order valence-electron chi connectivity index (χ1n) is 13.8. The Bertz CT molecular complexity index is 1160. The highest BCUT2D eigenvalue weighted by Gasteiger charge is 2.24. The topological polar surface area (TPSA) is 74.6 Å². The van der Waals surface area contributed by atoms with E-state index in [-0.39, 0.29) is 12.0 Å². The number of carbonyl (C=O) groups is 1. The Morgan fingerprint density at radius 2 is 2.05 bits per heavy atom. The van der Waals surface area contributed by atoms with E-state index in [1.165, 1.54) is 12.8 Å². The van der Waals surface area contributed by atoms with Crippen molar-refractivity contribution in [2.75, 3.05) is 20.3 Å². The van der Waals surface area contributed by atoms with Gasteiger partial charge in [-0.3, -0.25) is 4.79 Å². The van der Waals surface area contributed by atoms with Crippen LogP contribution in [0, 0.1) is 12.8 Å². The van der Waals surface area contributed by atoms with Gasteiger partial charge in [0.2, 0.25) is 0 Å². The van der Waals surface area contributed by atoms with E-state index in [1.54, 1.807) is 18.4 Å². The van der Waals surface area contributed by atoms with E-state index in [1.807, 2.05) is 42.6 Å². The van der Waals surface area contributed by atoms with Crippen LogP contribution in [0.4, 0.5) is 0 Å². The number of benzene rings is 1. The second-order valence-electron chi connectivity index (χ2n) is 9.99. The predicted octanol–water partition coefficient (Wildman–Crippen LogP) is 6.63. The predicted molar refractivity (Wildman–Crippen MR) is 152 cm³/mol. The van der Waals surface area contributed by atoms with Crippen LogP contribution in [0.3, 0.4) is 0 Å². The number of amides is 1. The minimum Gasteiger partial charge on any atom is -0.497 e. The lowest BCUT2D eigenvalue weighted by Gasteiger charge is -2.16. The molecule has 1 aliphatic rings. The molecule has 1 saturated heterocycles. The van der Waals surface area contributed by atoms with Crippen LogP contribution in [0.15, 0.2) is 35.7 Å². The lowest BCUT2D eigenvalue weighted by Crippen LogP contribution is -2.29. The maximum atomic E-state index is 13.3. The molecule has 0 spiro atoms. The quantitative estimate of drug-likeness (QED) is 0.249. The van der Waals surface area contributed by atoms with Gasteiger partial charge in [-0.25, -0.2) is 4.98 Å². The number of hydrogen-bond acceptors (Lipinski definition) is 6. The maximum Gasteiger partial charge on any atom is 0.253 e. The van der Waals surface area contributed by atoms with Crippen molar-refractivity contribution in [1.29, 1.82) is 0 Å². The van der Waals surface area contributed by atoms with Gasteiger partial charge in [-0.2, -0.15) is 0 Å². The van der Waals surface area contributed by atoms with Crippen molar-refractivity contribution in [2.24, 2.45) is 5.92 Å². The molecule has 1 N–H and O–H groups in total. The van der Waals surface area contributed by atoms with Crippen LogP contribution < -0.4 is 14.8 Å². The van der Waals surface area contributed by atoms with Crippen molar-refractivity contribution >= 4 is 17.2 Å². The van der Waals surface area contributed by atoms with E-state index in [2.05, 4.69) is 23.7 Å². The molecule has 0 bridgehead atoms. The summed E-state index contributed by atoms with van der Waals surface area (Å²) in [6.07, 6.45) is 6.87. The van der Waals surface area contributed by atoms with Crippen molar-refractivity contribution in [3.05, 3.63) is 52.0 Å². The van der Waals surface area contributed by atoms with Crippen molar-refractivity contribution in [2.45, 2.75) is 78.6 Å². The molecule has 1 amide bonds. The molecule has 1 aromatic carbocycles. The third kappa shape index (κ3) is 7.17. The number of hydrogen-bond donors (Lipinski definition) is 1. The van der Waals surface area contributed by atoms with Crippen molar-refractivity contribution < 1.29 is 19.0 Å². The number of thiazole rings is 1. The Morgan fingerprint density at radius 1 is 1.26 bits per heavy atom. The molecule has 2 unspecified atom stereocenters. The molecule has 3 heterocycles. The number of ether oxygens (including phenoxy) is 3. The Morgan fingerprint density at radius 3 is 2.74 bits per heavy atom. The average molecular weight is 540 g/mol. The van der Waals surface area contributed by atoms with Gasteiger partial charge in [-0.15, -0.1) is 11.3 Å². The summed E-state index contributed by atoms with van der Waals surface area (Å²) in [5.41, 5.74) is 3.48. The molecule has 1 aliphatic heterocycles. The highest BCUT2D eigenvalue weighted by Crippen LogP contribution is 2.30. The number of rotatable bonds is 14. The minimum atomic E-state index is -0.0110. The molecule has 0 aliphatic carbocycles. The highest BCUT2D eigenvalue weighted by atomic mass is 32.1. The Balaban J connectivity index is 1.50. The molecule has 0 radical (unpaired) electrons. The molecule has 38 heavy (non-hydrogen) atoms. The molecular formula is C30H41N3O4S. The van der Waals surface area contributed by atoms with Gasteiger partial charge in [0.1, 0.15) is 23.1 Å². The van der Waals surface area contributed by atoms with Crippen LogP contribution in [0.5, 0.6) is 11.5 Å². The summed E-state index contributed by atoms with van der Waals surface area (Å²) in [7, 11) is 1.65. The molecule has 206 valence electrons. The molecule has 3 aromatic rings. The summed E-state index contributed by atoms with van der Waals surface area (Å²) in [4.78, 5) is 18.2. The lowest BCUT2D eigenvalue weighted by atomic mass is 9.99. The fourth-order valence-corrected chi connectivity index (χ4v) is 5.60. The van der Waals surface area contributed by atoms with Crippen molar-refractivity contribution in [3.63, 3.8) is 0 Å². The zero-order chi connectivity index (χ0) is 26.9. The van der Waals surface area contributed by atoms with E-state index in [0.717, 1.165) is 72.4 Å². The summed E-state index contributed by atoms with van der Waals surface area (Å²) in [6, 6.07) is 9.53. The fraction of sp³-hybridized carbons (Fsp3) is 0.533. The number of aromatic nitrogens is 2. The fourth-order valence-electron chi connectivity index (χ4n) is 4.90. The first-order valence-corrected chi connectivity index (χ1v) is 14.7. The van der Waals surface area contributed by atoms with Gasteiger partial charge in [0.05, 0.1) is 30.2 Å². The molecule has 2 atom stereocenters. The van der Waals surface area contributed by atoms with Gasteiger partial charge in [0, 0.05) is 30.8 Å². The standard InChI is InChI=1S/C30H41N3O4S/c1-5-7-9-22(6-2)17-31-30(34)26-16-28(33(21(26)3)18-25-10-8-15-36-25)27-20-38-29(32-27)19-37-24-13-11-23(35-4)12-14-24/h11-14,16,20,22,25H,5-10,15,17-19H2,1-4H3,(H,31,34). The van der Waals surface area contributed by atoms with E-state index >= 15 is 0 Å². The van der Waals surface area contributed by atoms with Gasteiger partial charge < -0.3 is 24.1 Å². The Hall–Kier alpha value is -2.84. The zero-order valence-electron chi connectivity index (χ0n) is 23.1. The summed E-state index contributed by atoms with van der Waals surface area (Å²) >= 11 is 1.57. The molecule has 7 nitrogen and oxygen atoms in total. The molecule has 8 heteroatoms. The summed E-state index contributed by atoms with van der Waals surface area (Å²) < 4.78 is 19.3. The monoisotopic (exact) mass is 539 g/mol. The normalized spacial score (nSPS) is 15.9. The Kier molecular flexibility index (Phi) is 10.2. The number of nitrogens with zero attached hydrogens (tertiary/aromatic N) is 2. The van der Waals surface area contributed by atoms with Crippen LogP contribution in [0.2, 0.25) is 0 Å². The number of nitrogens with one attached hydrogen (secondary N) is 1. The third-order valence-corrected chi connectivity index (χ3v) is 8.17. The average Bonchev–Trinajstić information content (AvgIpc) is 3.70. The summed E-state index contributed by atoms with van der Waals surface area (Å²) in [6.45, 7) is 9.05. The van der Waals surface area contributed by atoms with E-state index in [0.29, 0.717) is 24.6 Å². The van der Waals surface area contributed by atoms with Crippen molar-refractivity contribution in [1.82, 2.24) is 14.9 Å². The van der Waals surface area contributed by atoms with Crippen LogP contribution in [-0.4, -0.2) is 41.8 Å². The van der Waals surface area contributed by atoms with Crippen LogP contribution in [0.1, 0.15) is 73.4 Å². The molecular weight excluding hydrogens is 498 g/mol. The third-order valence-electron chi connectivity index (χ3n) is 7.35. The second-order valence-corrected chi connectivity index (χ2v) is 10.9. The zero-order valence-corrected chi connectivity index (χ0v) is 23.9. The van der Waals surface area contributed by atoms with Crippen LogP contribution >= 0.6 is 11.3 Å². The first-order chi connectivity index (χ1) is 18.5. The molecule has 1 fully saturated rings. The number of methoxy groups -OCH3 is 1. The second kappa shape index (κ2) is 13.8. The van der Waals surface area contributed by atoms with Gasteiger partial charge in [0.25, 0.3) is 5.91 Å². The molecule has 0 saturated carbocycles. The highest BCUT2D eigenvalue weighted by molar-refractivity contribution is 7.09. The van der Waals surface area contributed by atoms with E-state index < -0.39 is 0 Å². The van der Waals surface area contributed by atoms with E-state index in [4.69, 9.17) is 19.2 Å². The summed E-state index contributed by atoms with van der Waals surface area (Å²) in [5, 5.41) is 6.14. The minimum absolute atomic E-state index is 0.0110. The van der Waals surface area contributed by atoms with Gasteiger partial charge in [0.15, 0.2) is 0 Å². The van der Waals surface area contributed by atoms with Crippen molar-refractivity contribution in [3.8, 4) is 22.9 Å². The SMILES string of the molecule is CCCCC(CC)CNC(=O)c1cc(-c2csc(COc3ccc(OC)cc3)n2)n(CC2CCCO2)c1C. The van der Waals surface area contributed by atoms with E-state index in [9.17, 15) is 4.79 Å². The largest absolute Gasteiger partial charge is 0.497 e. The number of carbonyl (C=O) groups excluding carboxylic acids is 1. The Labute approximate surface area is 230 Å². The molecule has 2 aromatic heterocycles. The molecule has 4 rings (SSSR count). The lowest BCUT2D eigenvalue weighted by molar-refractivity contribution is 0.0935. The maximum absolute atomic E-state index is 13.3. The van der Waals surface area contributed by atoms with Gasteiger partial charge in [-0.05, 0) is 62.4 Å². The van der Waals surface area contributed by atoms with Gasteiger partial charge >= 0.3 is 0 Å². The summed E-state index contributed by atoms with van der Waals surface area (Å²) in [5.74, 6) is 2.06. The van der Waals surface area contributed by atoms with Gasteiger partial charge in [-0.1, -0.05) is 33.1 Å².